The molecule has 1 rings (SSSR count). The van der Waals surface area contributed by atoms with Crippen molar-refractivity contribution in [1.29, 1.82) is 0 Å². The first-order valence-corrected chi connectivity index (χ1v) is 5.38. The second-order valence-electron chi connectivity index (χ2n) is 3.63. The van der Waals surface area contributed by atoms with Gasteiger partial charge in [-0.05, 0) is 30.7 Å². The number of nitrogens with one attached hydrogen (secondary N) is 1. The van der Waals surface area contributed by atoms with Crippen molar-refractivity contribution in [2.75, 3.05) is 13.1 Å². The molecule has 0 amide bonds. The van der Waals surface area contributed by atoms with E-state index < -0.39 is 6.10 Å². The first kappa shape index (κ1) is 12.1. The van der Waals surface area contributed by atoms with Crippen LogP contribution in [0.3, 0.4) is 0 Å². The number of aliphatic hydroxyl groups is 1. The predicted octanol–water partition coefficient (Wildman–Crippen LogP) is 2.25. The lowest BCUT2D eigenvalue weighted by molar-refractivity contribution is 0.174. The van der Waals surface area contributed by atoms with Gasteiger partial charge in [-0.3, -0.25) is 0 Å². The number of rotatable bonds is 6. The van der Waals surface area contributed by atoms with Gasteiger partial charge in [0.25, 0.3) is 0 Å². The Hall–Kier alpha value is -0.930. The van der Waals surface area contributed by atoms with Crippen molar-refractivity contribution in [1.82, 2.24) is 5.32 Å². The minimum Gasteiger partial charge on any atom is -0.387 e. The smallest absolute Gasteiger partial charge is 0.123 e. The Bertz CT molecular complexity index is 291. The minimum absolute atomic E-state index is 0.305. The van der Waals surface area contributed by atoms with E-state index >= 15 is 0 Å². The average Bonchev–Trinajstić information content (AvgIpc) is 2.24. The maximum Gasteiger partial charge on any atom is 0.123 e. The van der Waals surface area contributed by atoms with E-state index in [0.29, 0.717) is 12.1 Å². The molecule has 0 aromatic heterocycles. The van der Waals surface area contributed by atoms with Gasteiger partial charge < -0.3 is 10.4 Å². The highest BCUT2D eigenvalue weighted by atomic mass is 19.1. The van der Waals surface area contributed by atoms with E-state index in [1.165, 1.54) is 12.1 Å². The van der Waals surface area contributed by atoms with Crippen LogP contribution in [0.2, 0.25) is 0 Å². The molecule has 0 spiro atoms. The first-order valence-electron chi connectivity index (χ1n) is 5.38. The number of unbranched alkanes of at least 4 members (excludes halogenated alkanes) is 1. The molecule has 0 saturated heterocycles. The standard InChI is InChI=1S/C12H18FNO/c1-2-3-7-14-9-12(15)10-5-4-6-11(13)8-10/h4-6,8,12,14-15H,2-3,7,9H2,1H3. The Labute approximate surface area is 90.1 Å². The summed E-state index contributed by atoms with van der Waals surface area (Å²) in [5, 5.41) is 12.8. The molecule has 3 heteroatoms. The van der Waals surface area contributed by atoms with E-state index in [1.54, 1.807) is 12.1 Å². The fourth-order valence-corrected chi connectivity index (χ4v) is 1.37. The zero-order chi connectivity index (χ0) is 11.1. The molecule has 15 heavy (non-hydrogen) atoms. The van der Waals surface area contributed by atoms with Gasteiger partial charge in [0, 0.05) is 6.54 Å². The van der Waals surface area contributed by atoms with Crippen LogP contribution in [0.1, 0.15) is 31.4 Å². The van der Waals surface area contributed by atoms with Gasteiger partial charge in [-0.25, -0.2) is 4.39 Å². The summed E-state index contributed by atoms with van der Waals surface area (Å²) < 4.78 is 12.8. The highest BCUT2D eigenvalue weighted by Gasteiger charge is 2.06. The molecule has 0 aliphatic heterocycles. The molecule has 2 N–H and O–H groups in total. The first-order chi connectivity index (χ1) is 7.24. The SMILES string of the molecule is CCCCNCC(O)c1cccc(F)c1. The number of halogens is 1. The molecule has 1 aromatic rings. The Morgan fingerprint density at radius 1 is 1.47 bits per heavy atom. The van der Waals surface area contributed by atoms with E-state index in [1.807, 2.05) is 0 Å². The molecule has 1 atom stereocenters. The van der Waals surface area contributed by atoms with E-state index in [-0.39, 0.29) is 5.82 Å². The predicted molar refractivity (Wildman–Crippen MR) is 59.1 cm³/mol. The van der Waals surface area contributed by atoms with Gasteiger partial charge in [-0.2, -0.15) is 0 Å². The number of hydrogen-bond donors (Lipinski definition) is 2. The Morgan fingerprint density at radius 3 is 2.93 bits per heavy atom. The zero-order valence-electron chi connectivity index (χ0n) is 9.04. The fourth-order valence-electron chi connectivity index (χ4n) is 1.37. The van der Waals surface area contributed by atoms with Gasteiger partial charge in [-0.1, -0.05) is 25.5 Å². The van der Waals surface area contributed by atoms with Gasteiger partial charge in [0.2, 0.25) is 0 Å². The van der Waals surface area contributed by atoms with Gasteiger partial charge in [0.1, 0.15) is 5.82 Å². The summed E-state index contributed by atoms with van der Waals surface area (Å²) in [6.07, 6.45) is 1.59. The molecule has 0 bridgehead atoms. The monoisotopic (exact) mass is 211 g/mol. The highest BCUT2D eigenvalue weighted by Crippen LogP contribution is 2.12. The van der Waals surface area contributed by atoms with E-state index in [9.17, 15) is 9.50 Å². The molecule has 0 saturated carbocycles. The largest absolute Gasteiger partial charge is 0.387 e. The van der Waals surface area contributed by atoms with Crippen LogP contribution in [-0.2, 0) is 0 Å². The summed E-state index contributed by atoms with van der Waals surface area (Å²) in [5.41, 5.74) is 0.624. The van der Waals surface area contributed by atoms with Crippen LogP contribution >= 0.6 is 0 Å². The van der Waals surface area contributed by atoms with Crippen LogP contribution in [0.15, 0.2) is 24.3 Å². The summed E-state index contributed by atoms with van der Waals surface area (Å²) in [5.74, 6) is -0.305. The molecule has 84 valence electrons. The molecule has 0 aliphatic rings. The van der Waals surface area contributed by atoms with Crippen molar-refractivity contribution in [3.8, 4) is 0 Å². The van der Waals surface area contributed by atoms with Crippen molar-refractivity contribution in [2.45, 2.75) is 25.9 Å². The molecule has 0 heterocycles. The summed E-state index contributed by atoms with van der Waals surface area (Å²) in [6, 6.07) is 6.09. The summed E-state index contributed by atoms with van der Waals surface area (Å²) in [4.78, 5) is 0. The average molecular weight is 211 g/mol. The third kappa shape index (κ3) is 4.40. The van der Waals surface area contributed by atoms with E-state index in [2.05, 4.69) is 12.2 Å². The van der Waals surface area contributed by atoms with Gasteiger partial charge in [0.05, 0.1) is 6.10 Å². The molecular weight excluding hydrogens is 193 g/mol. The van der Waals surface area contributed by atoms with Crippen molar-refractivity contribution < 1.29 is 9.50 Å². The molecule has 0 aliphatic carbocycles. The Morgan fingerprint density at radius 2 is 2.27 bits per heavy atom. The number of hydrogen-bond acceptors (Lipinski definition) is 2. The van der Waals surface area contributed by atoms with Crippen LogP contribution in [-0.4, -0.2) is 18.2 Å². The second kappa shape index (κ2) is 6.53. The zero-order valence-corrected chi connectivity index (χ0v) is 9.04. The molecule has 1 aromatic carbocycles. The van der Waals surface area contributed by atoms with Crippen molar-refractivity contribution in [2.24, 2.45) is 0 Å². The molecule has 0 radical (unpaired) electrons. The second-order valence-corrected chi connectivity index (χ2v) is 3.63. The third-order valence-electron chi connectivity index (χ3n) is 2.28. The number of aliphatic hydroxyl groups excluding tert-OH is 1. The highest BCUT2D eigenvalue weighted by molar-refractivity contribution is 5.18. The van der Waals surface area contributed by atoms with Crippen LogP contribution in [0, 0.1) is 5.82 Å². The quantitative estimate of drug-likeness (QED) is 0.707. The normalized spacial score (nSPS) is 12.7. The van der Waals surface area contributed by atoms with Crippen molar-refractivity contribution >= 4 is 0 Å². The van der Waals surface area contributed by atoms with Crippen molar-refractivity contribution in [3.05, 3.63) is 35.6 Å². The molecule has 2 nitrogen and oxygen atoms in total. The van der Waals surface area contributed by atoms with Crippen LogP contribution in [0.4, 0.5) is 4.39 Å². The van der Waals surface area contributed by atoms with Crippen LogP contribution in [0.5, 0.6) is 0 Å². The summed E-state index contributed by atoms with van der Waals surface area (Å²) in [6.45, 7) is 3.48. The van der Waals surface area contributed by atoms with Crippen LogP contribution < -0.4 is 5.32 Å². The maximum absolute atomic E-state index is 12.8. The van der Waals surface area contributed by atoms with Gasteiger partial charge in [-0.15, -0.1) is 0 Å². The van der Waals surface area contributed by atoms with Gasteiger partial charge >= 0.3 is 0 Å². The molecule has 0 fully saturated rings. The lowest BCUT2D eigenvalue weighted by Crippen LogP contribution is -2.22. The van der Waals surface area contributed by atoms with E-state index in [4.69, 9.17) is 0 Å². The number of benzene rings is 1. The fraction of sp³-hybridized carbons (Fsp3) is 0.500. The lowest BCUT2D eigenvalue weighted by Gasteiger charge is -2.11. The maximum atomic E-state index is 12.8. The molecular formula is C12H18FNO. The van der Waals surface area contributed by atoms with Crippen LogP contribution in [0.25, 0.3) is 0 Å². The minimum atomic E-state index is -0.627. The Balaban J connectivity index is 2.36. The summed E-state index contributed by atoms with van der Waals surface area (Å²) in [7, 11) is 0. The molecule has 1 unspecified atom stereocenters. The van der Waals surface area contributed by atoms with Gasteiger partial charge in [0.15, 0.2) is 0 Å². The lowest BCUT2D eigenvalue weighted by atomic mass is 10.1. The third-order valence-corrected chi connectivity index (χ3v) is 2.28. The van der Waals surface area contributed by atoms with E-state index in [0.717, 1.165) is 19.4 Å². The Kier molecular flexibility index (Phi) is 5.29. The topological polar surface area (TPSA) is 32.3 Å². The summed E-state index contributed by atoms with van der Waals surface area (Å²) >= 11 is 0. The van der Waals surface area contributed by atoms with Crippen molar-refractivity contribution in [3.63, 3.8) is 0 Å².